The van der Waals surface area contributed by atoms with Crippen LogP contribution in [0.4, 0.5) is 0 Å². The summed E-state index contributed by atoms with van der Waals surface area (Å²) in [5.41, 5.74) is 3.44. The minimum Gasteiger partial charge on any atom is -0.389 e. The number of hydrogen-bond donors (Lipinski definition) is 2. The number of unbranched alkanes of at least 4 members (excludes halogenated alkanes) is 3. The molecule has 0 radical (unpaired) electrons. The van der Waals surface area contributed by atoms with E-state index in [1.54, 1.807) is 0 Å². The first kappa shape index (κ1) is 26.7. The summed E-state index contributed by atoms with van der Waals surface area (Å²) in [4.78, 5) is 0. The molecule has 0 aliphatic rings. The molecule has 0 saturated heterocycles. The molecule has 0 amide bonds. The van der Waals surface area contributed by atoms with Crippen molar-refractivity contribution in [3.8, 4) is 0 Å². The van der Waals surface area contributed by atoms with Gasteiger partial charge in [0.15, 0.2) is 0 Å². The highest BCUT2D eigenvalue weighted by atomic mass is 14.9. The highest BCUT2D eigenvalue weighted by Gasteiger charge is 1.82. The molecule has 0 aliphatic carbocycles. The van der Waals surface area contributed by atoms with Crippen molar-refractivity contribution in [3.05, 3.63) is 36.7 Å². The SMILES string of the molecule is C=C(C)CCCC.C=C(C)NCCCC.C=C(C)NCCCC. The van der Waals surface area contributed by atoms with E-state index in [2.05, 4.69) is 58.1 Å². The van der Waals surface area contributed by atoms with E-state index in [0.29, 0.717) is 0 Å². The normalized spacial score (nSPS) is 8.78. The maximum absolute atomic E-state index is 3.79. The molecule has 0 atom stereocenters. The summed E-state index contributed by atoms with van der Waals surface area (Å²) in [6.07, 6.45) is 8.78. The molecular weight excluding hydrogens is 280 g/mol. The van der Waals surface area contributed by atoms with Crippen LogP contribution in [0.25, 0.3) is 0 Å². The molecule has 2 heteroatoms. The van der Waals surface area contributed by atoms with Crippen LogP contribution >= 0.6 is 0 Å². The number of allylic oxidation sites excluding steroid dienone is 3. The molecule has 0 aliphatic heterocycles. The van der Waals surface area contributed by atoms with E-state index in [4.69, 9.17) is 0 Å². The molecule has 0 aromatic carbocycles. The van der Waals surface area contributed by atoms with Gasteiger partial charge in [0, 0.05) is 24.5 Å². The Labute approximate surface area is 147 Å². The highest BCUT2D eigenvalue weighted by Crippen LogP contribution is 2.01. The van der Waals surface area contributed by atoms with Gasteiger partial charge in [0.25, 0.3) is 0 Å². The van der Waals surface area contributed by atoms with E-state index < -0.39 is 0 Å². The topological polar surface area (TPSA) is 24.1 Å². The van der Waals surface area contributed by atoms with Crippen LogP contribution in [0.1, 0.15) is 86.5 Å². The predicted octanol–water partition coefficient (Wildman–Crippen LogP) is 6.57. The minimum absolute atomic E-state index is 1.07. The van der Waals surface area contributed by atoms with Gasteiger partial charge in [-0.15, -0.1) is 6.58 Å². The summed E-state index contributed by atoms with van der Waals surface area (Å²) in [5, 5.41) is 6.30. The quantitative estimate of drug-likeness (QED) is 0.331. The van der Waals surface area contributed by atoms with Gasteiger partial charge in [0.2, 0.25) is 0 Å². The second-order valence-electron chi connectivity index (χ2n) is 6.18. The summed E-state index contributed by atoms with van der Waals surface area (Å²) in [5.74, 6) is 0. The fourth-order valence-corrected chi connectivity index (χ4v) is 1.44. The molecule has 2 nitrogen and oxygen atoms in total. The van der Waals surface area contributed by atoms with Crippen LogP contribution in [0.2, 0.25) is 0 Å². The Kier molecular flexibility index (Phi) is 26.8. The summed E-state index contributed by atoms with van der Waals surface area (Å²) < 4.78 is 0. The second-order valence-corrected chi connectivity index (χ2v) is 6.18. The molecule has 0 heterocycles. The lowest BCUT2D eigenvalue weighted by molar-refractivity contribution is 0.712. The van der Waals surface area contributed by atoms with Crippen LogP contribution in [0.15, 0.2) is 36.7 Å². The number of hydrogen-bond acceptors (Lipinski definition) is 2. The Morgan fingerprint density at radius 2 is 1.00 bits per heavy atom. The van der Waals surface area contributed by atoms with Gasteiger partial charge in [-0.2, -0.15) is 0 Å². The van der Waals surface area contributed by atoms with Crippen molar-refractivity contribution in [2.24, 2.45) is 0 Å². The molecule has 0 fully saturated rings. The zero-order valence-corrected chi connectivity index (χ0v) is 17.0. The smallest absolute Gasteiger partial charge is 0.0143 e. The van der Waals surface area contributed by atoms with E-state index >= 15 is 0 Å². The van der Waals surface area contributed by atoms with E-state index in [-0.39, 0.29) is 0 Å². The van der Waals surface area contributed by atoms with Crippen LogP contribution in [0.3, 0.4) is 0 Å². The molecule has 2 N–H and O–H groups in total. The lowest BCUT2D eigenvalue weighted by Gasteiger charge is -2.00. The van der Waals surface area contributed by atoms with Crippen LogP contribution in [0.5, 0.6) is 0 Å². The average Bonchev–Trinajstić information content (AvgIpc) is 2.46. The van der Waals surface area contributed by atoms with Crippen molar-refractivity contribution < 1.29 is 0 Å². The van der Waals surface area contributed by atoms with Gasteiger partial charge in [0.1, 0.15) is 0 Å². The third kappa shape index (κ3) is 44.9. The van der Waals surface area contributed by atoms with E-state index in [9.17, 15) is 0 Å². The maximum atomic E-state index is 3.79. The first-order chi connectivity index (χ1) is 10.8. The lowest BCUT2D eigenvalue weighted by Crippen LogP contribution is -2.10. The summed E-state index contributed by atoms with van der Waals surface area (Å²) in [6.45, 7) is 26.0. The lowest BCUT2D eigenvalue weighted by atomic mass is 10.2. The average molecular weight is 325 g/mol. The third-order valence-electron chi connectivity index (χ3n) is 2.87. The molecule has 0 aromatic rings. The van der Waals surface area contributed by atoms with Crippen LogP contribution in [0, 0.1) is 0 Å². The summed E-state index contributed by atoms with van der Waals surface area (Å²) in [6, 6.07) is 0. The Hall–Kier alpha value is -1.18. The molecule has 0 spiro atoms. The van der Waals surface area contributed by atoms with Gasteiger partial charge < -0.3 is 10.6 Å². The maximum Gasteiger partial charge on any atom is 0.0143 e. The molecular formula is C21H44N2. The van der Waals surface area contributed by atoms with Gasteiger partial charge in [-0.25, -0.2) is 0 Å². The van der Waals surface area contributed by atoms with E-state index in [0.717, 1.165) is 24.5 Å². The van der Waals surface area contributed by atoms with E-state index in [1.165, 1.54) is 50.5 Å². The van der Waals surface area contributed by atoms with Crippen LogP contribution in [-0.4, -0.2) is 13.1 Å². The van der Waals surface area contributed by atoms with Crippen molar-refractivity contribution in [2.45, 2.75) is 86.5 Å². The number of rotatable bonds is 11. The predicted molar refractivity (Wildman–Crippen MR) is 110 cm³/mol. The fourth-order valence-electron chi connectivity index (χ4n) is 1.44. The Morgan fingerprint density at radius 1 is 0.652 bits per heavy atom. The van der Waals surface area contributed by atoms with Crippen LogP contribution in [-0.2, 0) is 0 Å². The Balaban J connectivity index is -0.000000262. The fraction of sp³-hybridized carbons (Fsp3) is 0.714. The van der Waals surface area contributed by atoms with Gasteiger partial charge in [-0.3, -0.25) is 0 Å². The molecule has 138 valence electrons. The zero-order chi connectivity index (χ0) is 18.5. The third-order valence-corrected chi connectivity index (χ3v) is 2.87. The number of nitrogens with one attached hydrogen (secondary N) is 2. The van der Waals surface area contributed by atoms with Crippen molar-refractivity contribution in [1.82, 2.24) is 10.6 Å². The highest BCUT2D eigenvalue weighted by molar-refractivity contribution is 4.86. The molecule has 0 saturated carbocycles. The first-order valence-electron chi connectivity index (χ1n) is 9.24. The van der Waals surface area contributed by atoms with Gasteiger partial charge in [-0.05, 0) is 46.5 Å². The van der Waals surface area contributed by atoms with Gasteiger partial charge in [-0.1, -0.05) is 58.8 Å². The monoisotopic (exact) mass is 324 g/mol. The molecule has 0 aromatic heterocycles. The standard InChI is InChI=1S/2C7H15N.C7H14/c2*1-4-5-6-8-7(2)3;1-4-5-6-7(2)3/h2*8H,2,4-6H2,1,3H3;2,4-6H2,1,3H3. The van der Waals surface area contributed by atoms with Gasteiger partial charge >= 0.3 is 0 Å². The first-order valence-corrected chi connectivity index (χ1v) is 9.24. The van der Waals surface area contributed by atoms with Crippen molar-refractivity contribution in [3.63, 3.8) is 0 Å². The second kappa shape index (κ2) is 23.1. The largest absolute Gasteiger partial charge is 0.389 e. The summed E-state index contributed by atoms with van der Waals surface area (Å²) >= 11 is 0. The van der Waals surface area contributed by atoms with Gasteiger partial charge in [0.05, 0.1) is 0 Å². The Morgan fingerprint density at radius 3 is 1.17 bits per heavy atom. The van der Waals surface area contributed by atoms with Crippen molar-refractivity contribution in [1.29, 1.82) is 0 Å². The molecule has 0 unspecified atom stereocenters. The molecule has 23 heavy (non-hydrogen) atoms. The molecule has 0 rings (SSSR count). The minimum atomic E-state index is 1.07. The Bertz CT molecular complexity index is 260. The molecule has 0 bridgehead atoms. The summed E-state index contributed by atoms with van der Waals surface area (Å²) in [7, 11) is 0. The zero-order valence-electron chi connectivity index (χ0n) is 17.0. The van der Waals surface area contributed by atoms with Crippen molar-refractivity contribution >= 4 is 0 Å². The van der Waals surface area contributed by atoms with E-state index in [1.807, 2.05) is 13.8 Å². The van der Waals surface area contributed by atoms with Crippen molar-refractivity contribution in [2.75, 3.05) is 13.1 Å². The van der Waals surface area contributed by atoms with Crippen LogP contribution < -0.4 is 10.6 Å².